The van der Waals surface area contributed by atoms with Gasteiger partial charge < -0.3 is 15.5 Å². The van der Waals surface area contributed by atoms with Crippen molar-refractivity contribution in [2.45, 2.75) is 51.0 Å². The molecule has 0 heterocycles. The van der Waals surface area contributed by atoms with Crippen molar-refractivity contribution in [3.8, 4) is 6.07 Å². The molecule has 5 heteroatoms. The highest BCUT2D eigenvalue weighted by Gasteiger charge is 2.17. The molecule has 2 N–H and O–H groups in total. The second-order valence-electron chi connectivity index (χ2n) is 5.56. The van der Waals surface area contributed by atoms with Crippen molar-refractivity contribution in [2.75, 3.05) is 33.2 Å². The smallest absolute Gasteiger partial charge is 0.233 e. The zero-order valence-corrected chi connectivity index (χ0v) is 12.7. The van der Waals surface area contributed by atoms with Crippen LogP contribution >= 0.6 is 0 Å². The number of hydrogen-bond acceptors (Lipinski definition) is 4. The summed E-state index contributed by atoms with van der Waals surface area (Å²) in [7, 11) is 2.21. The van der Waals surface area contributed by atoms with Gasteiger partial charge in [-0.3, -0.25) is 4.79 Å². The van der Waals surface area contributed by atoms with Crippen LogP contribution in [0.15, 0.2) is 0 Å². The Morgan fingerprint density at radius 2 is 2.05 bits per heavy atom. The number of carbonyl (C=O) groups excluding carboxylic acids is 1. The number of carbonyl (C=O) groups is 1. The molecule has 1 rings (SSSR count). The number of nitrogens with zero attached hydrogens (tertiary/aromatic N) is 2. The normalized spacial score (nSPS) is 16.1. The van der Waals surface area contributed by atoms with E-state index < -0.39 is 0 Å². The molecule has 20 heavy (non-hydrogen) atoms. The molecule has 0 aromatic carbocycles. The zero-order chi connectivity index (χ0) is 14.6. The second kappa shape index (κ2) is 10.6. The van der Waals surface area contributed by atoms with Crippen LogP contribution in [0.4, 0.5) is 0 Å². The SMILES string of the molecule is CN(CCCNCC(=O)NCCC#N)C1CCCCC1. The molecule has 1 fully saturated rings. The highest BCUT2D eigenvalue weighted by atomic mass is 16.1. The molecule has 1 amide bonds. The summed E-state index contributed by atoms with van der Waals surface area (Å²) in [5.74, 6) is -0.0270. The van der Waals surface area contributed by atoms with Gasteiger partial charge in [0.25, 0.3) is 0 Å². The highest BCUT2D eigenvalue weighted by Crippen LogP contribution is 2.21. The van der Waals surface area contributed by atoms with E-state index in [-0.39, 0.29) is 5.91 Å². The van der Waals surface area contributed by atoms with E-state index in [1.165, 1.54) is 32.1 Å². The Morgan fingerprint density at radius 1 is 1.30 bits per heavy atom. The first kappa shape index (κ1) is 16.9. The summed E-state index contributed by atoms with van der Waals surface area (Å²) < 4.78 is 0. The Kier molecular flexibility index (Phi) is 9.01. The minimum Gasteiger partial charge on any atom is -0.354 e. The molecule has 0 unspecified atom stereocenters. The first-order chi connectivity index (χ1) is 9.74. The third kappa shape index (κ3) is 7.46. The van der Waals surface area contributed by atoms with E-state index in [0.717, 1.165) is 25.6 Å². The molecule has 0 radical (unpaired) electrons. The van der Waals surface area contributed by atoms with Gasteiger partial charge in [0.05, 0.1) is 19.0 Å². The van der Waals surface area contributed by atoms with Crippen molar-refractivity contribution in [3.63, 3.8) is 0 Å². The summed E-state index contributed by atoms with van der Waals surface area (Å²) in [4.78, 5) is 13.8. The molecule has 1 aliphatic carbocycles. The lowest BCUT2D eigenvalue weighted by Crippen LogP contribution is -2.37. The zero-order valence-electron chi connectivity index (χ0n) is 12.7. The van der Waals surface area contributed by atoms with Crippen molar-refractivity contribution in [2.24, 2.45) is 0 Å². The van der Waals surface area contributed by atoms with Crippen molar-refractivity contribution in [3.05, 3.63) is 0 Å². The van der Waals surface area contributed by atoms with Gasteiger partial charge in [-0.25, -0.2) is 0 Å². The highest BCUT2D eigenvalue weighted by molar-refractivity contribution is 5.77. The van der Waals surface area contributed by atoms with Crippen LogP contribution in [0.2, 0.25) is 0 Å². The molecular weight excluding hydrogens is 252 g/mol. The molecule has 5 nitrogen and oxygen atoms in total. The third-order valence-corrected chi connectivity index (χ3v) is 3.91. The molecule has 0 aliphatic heterocycles. The van der Waals surface area contributed by atoms with Crippen molar-refractivity contribution in [1.82, 2.24) is 15.5 Å². The van der Waals surface area contributed by atoms with Crippen LogP contribution < -0.4 is 10.6 Å². The van der Waals surface area contributed by atoms with E-state index in [1.54, 1.807) is 0 Å². The Balaban J connectivity index is 1.95. The fourth-order valence-corrected chi connectivity index (χ4v) is 2.68. The van der Waals surface area contributed by atoms with Crippen LogP contribution in [0.5, 0.6) is 0 Å². The van der Waals surface area contributed by atoms with Crippen LogP contribution in [0.1, 0.15) is 44.9 Å². The van der Waals surface area contributed by atoms with Gasteiger partial charge in [-0.1, -0.05) is 19.3 Å². The fourth-order valence-electron chi connectivity index (χ4n) is 2.68. The lowest BCUT2D eigenvalue weighted by Gasteiger charge is -2.31. The molecule has 0 atom stereocenters. The van der Waals surface area contributed by atoms with Crippen molar-refractivity contribution in [1.29, 1.82) is 5.26 Å². The van der Waals surface area contributed by atoms with E-state index in [9.17, 15) is 4.79 Å². The van der Waals surface area contributed by atoms with E-state index in [0.29, 0.717) is 19.5 Å². The van der Waals surface area contributed by atoms with Crippen LogP contribution in [-0.4, -0.2) is 50.1 Å². The van der Waals surface area contributed by atoms with Gasteiger partial charge in [0.2, 0.25) is 5.91 Å². The van der Waals surface area contributed by atoms with Gasteiger partial charge in [-0.2, -0.15) is 5.26 Å². The Hall–Kier alpha value is -1.12. The van der Waals surface area contributed by atoms with Gasteiger partial charge in [-0.05, 0) is 39.4 Å². The summed E-state index contributed by atoms with van der Waals surface area (Å²) in [6.45, 7) is 2.75. The molecule has 114 valence electrons. The predicted molar refractivity (Wildman–Crippen MR) is 80.2 cm³/mol. The van der Waals surface area contributed by atoms with E-state index in [1.807, 2.05) is 6.07 Å². The molecular formula is C15H28N4O. The van der Waals surface area contributed by atoms with Gasteiger partial charge in [0.15, 0.2) is 0 Å². The van der Waals surface area contributed by atoms with Crippen LogP contribution in [0, 0.1) is 11.3 Å². The lowest BCUT2D eigenvalue weighted by molar-refractivity contribution is -0.120. The van der Waals surface area contributed by atoms with E-state index >= 15 is 0 Å². The van der Waals surface area contributed by atoms with Gasteiger partial charge in [0.1, 0.15) is 0 Å². The Labute approximate surface area is 122 Å². The van der Waals surface area contributed by atoms with Gasteiger partial charge >= 0.3 is 0 Å². The summed E-state index contributed by atoms with van der Waals surface area (Å²) in [5.41, 5.74) is 0. The maximum Gasteiger partial charge on any atom is 0.233 e. The molecule has 0 saturated heterocycles. The van der Waals surface area contributed by atoms with E-state index in [2.05, 4.69) is 22.6 Å². The Bertz CT molecular complexity index is 307. The molecule has 1 aliphatic rings. The summed E-state index contributed by atoms with van der Waals surface area (Å²) >= 11 is 0. The molecule has 0 aromatic heterocycles. The first-order valence-corrected chi connectivity index (χ1v) is 7.78. The van der Waals surface area contributed by atoms with Crippen LogP contribution in [-0.2, 0) is 4.79 Å². The molecule has 0 bridgehead atoms. The minimum atomic E-state index is -0.0270. The summed E-state index contributed by atoms with van der Waals surface area (Å²) in [6.07, 6.45) is 8.26. The monoisotopic (exact) mass is 280 g/mol. The van der Waals surface area contributed by atoms with Gasteiger partial charge in [0, 0.05) is 12.6 Å². The average Bonchev–Trinajstić information content (AvgIpc) is 2.48. The van der Waals surface area contributed by atoms with E-state index in [4.69, 9.17) is 5.26 Å². The standard InChI is InChI=1S/C15H28N4O/c1-19(14-7-3-2-4-8-14)12-6-10-17-13-15(20)18-11-5-9-16/h14,17H,2-8,10-13H2,1H3,(H,18,20). The number of rotatable bonds is 9. The average molecular weight is 280 g/mol. The summed E-state index contributed by atoms with van der Waals surface area (Å²) in [5, 5.41) is 14.2. The summed E-state index contributed by atoms with van der Waals surface area (Å²) in [6, 6.07) is 2.76. The quantitative estimate of drug-likeness (QED) is 0.624. The maximum absolute atomic E-state index is 11.4. The number of hydrogen-bond donors (Lipinski definition) is 2. The first-order valence-electron chi connectivity index (χ1n) is 7.78. The maximum atomic E-state index is 11.4. The number of nitrogens with one attached hydrogen (secondary N) is 2. The molecule has 1 saturated carbocycles. The van der Waals surface area contributed by atoms with Crippen LogP contribution in [0.25, 0.3) is 0 Å². The molecule has 0 aromatic rings. The topological polar surface area (TPSA) is 68.2 Å². The Morgan fingerprint density at radius 3 is 2.75 bits per heavy atom. The van der Waals surface area contributed by atoms with Crippen molar-refractivity contribution >= 4 is 5.91 Å². The minimum absolute atomic E-state index is 0.0270. The molecule has 0 spiro atoms. The van der Waals surface area contributed by atoms with Crippen LogP contribution in [0.3, 0.4) is 0 Å². The lowest BCUT2D eigenvalue weighted by atomic mass is 9.94. The third-order valence-electron chi connectivity index (χ3n) is 3.91. The van der Waals surface area contributed by atoms with Gasteiger partial charge in [-0.15, -0.1) is 0 Å². The second-order valence-corrected chi connectivity index (χ2v) is 5.56. The fraction of sp³-hybridized carbons (Fsp3) is 0.867. The number of amides is 1. The predicted octanol–water partition coefficient (Wildman–Crippen LogP) is 1.26. The number of nitriles is 1. The largest absolute Gasteiger partial charge is 0.354 e. The van der Waals surface area contributed by atoms with Crippen molar-refractivity contribution < 1.29 is 4.79 Å².